The molecule has 1 aliphatic rings. The van der Waals surface area contributed by atoms with Gasteiger partial charge in [0.2, 0.25) is 5.91 Å². The first-order chi connectivity index (χ1) is 5.74. The fraction of sp³-hybridized carbons (Fsp3) is 0.778. The zero-order valence-electron chi connectivity index (χ0n) is 7.34. The van der Waals surface area contributed by atoms with Crippen molar-refractivity contribution in [1.29, 1.82) is 5.26 Å². The average Bonchev–Trinajstić information content (AvgIpc) is 2.56. The van der Waals surface area contributed by atoms with Crippen LogP contribution >= 0.6 is 0 Å². The molecule has 0 aliphatic heterocycles. The van der Waals surface area contributed by atoms with E-state index in [4.69, 9.17) is 5.26 Å². The van der Waals surface area contributed by atoms with Crippen molar-refractivity contribution in [3.8, 4) is 6.07 Å². The molecule has 0 radical (unpaired) electrons. The molecule has 1 unspecified atom stereocenters. The molecular weight excluding hydrogens is 152 g/mol. The van der Waals surface area contributed by atoms with Crippen LogP contribution in [0.5, 0.6) is 0 Å². The lowest BCUT2D eigenvalue weighted by molar-refractivity contribution is -0.125. The van der Waals surface area contributed by atoms with E-state index in [1.54, 1.807) is 6.92 Å². The number of hydrogen-bond donors (Lipinski definition) is 1. The van der Waals surface area contributed by atoms with Gasteiger partial charge in [0.05, 0.1) is 6.07 Å². The zero-order valence-corrected chi connectivity index (χ0v) is 7.34. The molecule has 1 rings (SSSR count). The molecule has 3 heteroatoms. The summed E-state index contributed by atoms with van der Waals surface area (Å²) < 4.78 is 0. The van der Waals surface area contributed by atoms with E-state index in [0.29, 0.717) is 0 Å². The first-order valence-corrected chi connectivity index (χ1v) is 4.44. The highest BCUT2D eigenvalue weighted by molar-refractivity contribution is 5.79. The van der Waals surface area contributed by atoms with Crippen LogP contribution in [0.3, 0.4) is 0 Å². The Morgan fingerprint density at radius 1 is 1.58 bits per heavy atom. The van der Waals surface area contributed by atoms with E-state index in [9.17, 15) is 4.79 Å². The lowest BCUT2D eigenvalue weighted by atomic mass is 10.1. The predicted octanol–water partition coefficient (Wildman–Crippen LogP) is 1.20. The number of nitrogens with one attached hydrogen (secondary N) is 1. The van der Waals surface area contributed by atoms with Gasteiger partial charge in [0.25, 0.3) is 0 Å². The lowest BCUT2D eigenvalue weighted by Gasteiger charge is -2.10. The van der Waals surface area contributed by atoms with Crippen molar-refractivity contribution in [3.05, 3.63) is 0 Å². The molecule has 0 saturated heterocycles. The van der Waals surface area contributed by atoms with E-state index in [-0.39, 0.29) is 17.9 Å². The third-order valence-corrected chi connectivity index (χ3v) is 2.28. The van der Waals surface area contributed by atoms with E-state index in [2.05, 4.69) is 5.32 Å². The normalized spacial score (nSPS) is 20.0. The molecule has 0 aromatic carbocycles. The van der Waals surface area contributed by atoms with Crippen LogP contribution in [-0.2, 0) is 4.79 Å². The third kappa shape index (κ3) is 2.23. The molecule has 12 heavy (non-hydrogen) atoms. The minimum Gasteiger partial charge on any atom is -0.340 e. The number of nitriles is 1. The van der Waals surface area contributed by atoms with Crippen molar-refractivity contribution in [2.75, 3.05) is 0 Å². The summed E-state index contributed by atoms with van der Waals surface area (Å²) in [5, 5.41) is 11.1. The second kappa shape index (κ2) is 4.10. The lowest BCUT2D eigenvalue weighted by Crippen LogP contribution is -2.35. The first-order valence-electron chi connectivity index (χ1n) is 4.44. The average molecular weight is 166 g/mol. The minimum atomic E-state index is -0.349. The number of rotatable bonds is 2. The molecule has 0 heterocycles. The summed E-state index contributed by atoms with van der Waals surface area (Å²) in [5.41, 5.74) is 0. The van der Waals surface area contributed by atoms with Crippen LogP contribution in [0.25, 0.3) is 0 Å². The molecule has 3 nitrogen and oxygen atoms in total. The summed E-state index contributed by atoms with van der Waals surface area (Å²) in [6.45, 7) is 1.70. The molecule has 0 spiro atoms. The number of carbonyl (C=O) groups excluding carboxylic acids is 1. The van der Waals surface area contributed by atoms with Crippen molar-refractivity contribution in [3.63, 3.8) is 0 Å². The van der Waals surface area contributed by atoms with Crippen molar-refractivity contribution < 1.29 is 4.79 Å². The summed E-state index contributed by atoms with van der Waals surface area (Å²) in [4.78, 5) is 11.4. The highest BCUT2D eigenvalue weighted by atomic mass is 16.1. The number of nitrogens with zero attached hydrogens (tertiary/aromatic N) is 1. The largest absolute Gasteiger partial charge is 0.340 e. The Morgan fingerprint density at radius 3 is 2.67 bits per heavy atom. The first kappa shape index (κ1) is 9.05. The fourth-order valence-corrected chi connectivity index (χ4v) is 1.55. The van der Waals surface area contributed by atoms with Crippen molar-refractivity contribution in [1.82, 2.24) is 5.32 Å². The van der Waals surface area contributed by atoms with Gasteiger partial charge in [-0.15, -0.1) is 0 Å². The van der Waals surface area contributed by atoms with Crippen LogP contribution in [0.1, 0.15) is 32.6 Å². The quantitative estimate of drug-likeness (QED) is 0.670. The topological polar surface area (TPSA) is 52.9 Å². The van der Waals surface area contributed by atoms with E-state index in [0.717, 1.165) is 25.7 Å². The molecule has 1 atom stereocenters. The molecule has 0 aromatic heterocycles. The van der Waals surface area contributed by atoms with E-state index in [1.807, 2.05) is 6.07 Å². The summed E-state index contributed by atoms with van der Waals surface area (Å²) in [6, 6.07) is 1.64. The maximum atomic E-state index is 11.4. The van der Waals surface area contributed by atoms with Gasteiger partial charge in [-0.25, -0.2) is 0 Å². The van der Waals surface area contributed by atoms with Gasteiger partial charge in [-0.1, -0.05) is 12.8 Å². The minimum absolute atomic E-state index is 0.0570. The second-order valence-electron chi connectivity index (χ2n) is 3.34. The molecule has 1 fully saturated rings. The maximum Gasteiger partial charge on any atom is 0.224 e. The van der Waals surface area contributed by atoms with E-state index in [1.165, 1.54) is 0 Å². The van der Waals surface area contributed by atoms with Crippen molar-refractivity contribution in [2.24, 2.45) is 5.92 Å². The summed E-state index contributed by atoms with van der Waals surface area (Å²) >= 11 is 0. The standard InChI is InChI=1S/C9H14N2O/c1-7(6-10)11-9(12)8-4-2-3-5-8/h7-8H,2-5H2,1H3,(H,11,12). The van der Waals surface area contributed by atoms with E-state index < -0.39 is 0 Å². The van der Waals surface area contributed by atoms with E-state index >= 15 is 0 Å². The summed E-state index contributed by atoms with van der Waals surface area (Å²) in [5.74, 6) is 0.224. The van der Waals surface area contributed by atoms with Crippen LogP contribution in [0.4, 0.5) is 0 Å². The Hall–Kier alpha value is -1.04. The van der Waals surface area contributed by atoms with Gasteiger partial charge in [-0.05, 0) is 19.8 Å². The maximum absolute atomic E-state index is 11.4. The fourth-order valence-electron chi connectivity index (χ4n) is 1.55. The van der Waals surface area contributed by atoms with Crippen molar-refractivity contribution in [2.45, 2.75) is 38.6 Å². The third-order valence-electron chi connectivity index (χ3n) is 2.28. The molecule has 1 aliphatic carbocycles. The van der Waals surface area contributed by atoms with Crippen LogP contribution in [-0.4, -0.2) is 11.9 Å². The van der Waals surface area contributed by atoms with Gasteiger partial charge >= 0.3 is 0 Å². The highest BCUT2D eigenvalue weighted by Crippen LogP contribution is 2.24. The van der Waals surface area contributed by atoms with Gasteiger partial charge in [0.1, 0.15) is 6.04 Å². The predicted molar refractivity (Wildman–Crippen MR) is 45.2 cm³/mol. The Morgan fingerprint density at radius 2 is 2.17 bits per heavy atom. The molecule has 1 amide bonds. The second-order valence-corrected chi connectivity index (χ2v) is 3.34. The van der Waals surface area contributed by atoms with Gasteiger partial charge < -0.3 is 5.32 Å². The Labute approximate surface area is 72.8 Å². The smallest absolute Gasteiger partial charge is 0.224 e. The van der Waals surface area contributed by atoms with Crippen molar-refractivity contribution >= 4 is 5.91 Å². The molecule has 1 N–H and O–H groups in total. The summed E-state index contributed by atoms with van der Waals surface area (Å²) in [7, 11) is 0. The monoisotopic (exact) mass is 166 g/mol. The summed E-state index contributed by atoms with van der Waals surface area (Å²) in [6.07, 6.45) is 4.28. The SMILES string of the molecule is CC(C#N)NC(=O)C1CCCC1. The molecule has 1 saturated carbocycles. The zero-order chi connectivity index (χ0) is 8.97. The highest BCUT2D eigenvalue weighted by Gasteiger charge is 2.23. The molecule has 0 bridgehead atoms. The van der Waals surface area contributed by atoms with Gasteiger partial charge in [0.15, 0.2) is 0 Å². The molecule has 66 valence electrons. The van der Waals surface area contributed by atoms with Crippen LogP contribution in [0.2, 0.25) is 0 Å². The van der Waals surface area contributed by atoms with Crippen LogP contribution in [0, 0.1) is 17.2 Å². The Kier molecular flexibility index (Phi) is 3.09. The molecular formula is C9H14N2O. The van der Waals surface area contributed by atoms with Crippen LogP contribution in [0.15, 0.2) is 0 Å². The Balaban J connectivity index is 2.33. The number of carbonyl (C=O) groups is 1. The molecule has 0 aromatic rings. The van der Waals surface area contributed by atoms with Gasteiger partial charge in [0, 0.05) is 5.92 Å². The van der Waals surface area contributed by atoms with Gasteiger partial charge in [-0.2, -0.15) is 5.26 Å². The Bertz CT molecular complexity index is 201. The van der Waals surface area contributed by atoms with Crippen LogP contribution < -0.4 is 5.32 Å². The number of hydrogen-bond acceptors (Lipinski definition) is 2. The van der Waals surface area contributed by atoms with Gasteiger partial charge in [-0.3, -0.25) is 4.79 Å². The number of amides is 1.